The molecule has 0 spiro atoms. The van der Waals surface area contributed by atoms with E-state index in [1.165, 1.54) is 11.1 Å². The van der Waals surface area contributed by atoms with Crippen LogP contribution in [-0.2, 0) is 21.1 Å². The molecule has 1 amide bonds. The van der Waals surface area contributed by atoms with Gasteiger partial charge in [0.05, 0.1) is 5.25 Å². The minimum absolute atomic E-state index is 0.180. The Morgan fingerprint density at radius 1 is 1.17 bits per heavy atom. The quantitative estimate of drug-likeness (QED) is 0.849. The monoisotopic (exact) mass is 335 g/mol. The maximum Gasteiger partial charge on any atom is 0.223 e. The molecule has 23 heavy (non-hydrogen) atoms. The molecule has 1 aromatic carbocycles. The fraction of sp³-hybridized carbons (Fsp3) is 0.611. The van der Waals surface area contributed by atoms with E-state index >= 15 is 0 Å². The van der Waals surface area contributed by atoms with E-state index in [1.54, 1.807) is 6.92 Å². The average Bonchev–Trinajstić information content (AvgIpc) is 2.98. The summed E-state index contributed by atoms with van der Waals surface area (Å²) in [7, 11) is -2.97. The van der Waals surface area contributed by atoms with Crippen LogP contribution in [0, 0.1) is 0 Å². The first-order chi connectivity index (χ1) is 11.0. The number of rotatable bonds is 4. The van der Waals surface area contributed by atoms with Gasteiger partial charge in [-0.25, -0.2) is 8.42 Å². The predicted molar refractivity (Wildman–Crippen MR) is 91.2 cm³/mol. The summed E-state index contributed by atoms with van der Waals surface area (Å²) in [6, 6.07) is 8.39. The molecule has 1 fully saturated rings. The lowest BCUT2D eigenvalue weighted by atomic mass is 9.96. The zero-order chi connectivity index (χ0) is 16.4. The highest BCUT2D eigenvalue weighted by molar-refractivity contribution is 7.92. The van der Waals surface area contributed by atoms with Crippen molar-refractivity contribution in [3.8, 4) is 0 Å². The molecule has 126 valence electrons. The Bertz CT molecular complexity index is 675. The molecule has 3 rings (SSSR count). The van der Waals surface area contributed by atoms with Gasteiger partial charge in [0.1, 0.15) is 0 Å². The van der Waals surface area contributed by atoms with Crippen molar-refractivity contribution in [2.75, 3.05) is 18.8 Å². The summed E-state index contributed by atoms with van der Waals surface area (Å²) >= 11 is 0. The Kier molecular flexibility index (Phi) is 4.76. The van der Waals surface area contributed by atoms with Gasteiger partial charge in [-0.05, 0) is 42.7 Å². The SMILES string of the molecule is CCS(=O)(=O)C1CCN(C(=O)CC2CCc3ccccc32)CC1. The van der Waals surface area contributed by atoms with Crippen LogP contribution in [-0.4, -0.2) is 43.3 Å². The lowest BCUT2D eigenvalue weighted by Gasteiger charge is -2.32. The lowest BCUT2D eigenvalue weighted by Crippen LogP contribution is -2.43. The number of sulfone groups is 1. The minimum Gasteiger partial charge on any atom is -0.343 e. The Labute approximate surface area is 138 Å². The standard InChI is InChI=1S/C18H25NO3S/c1-2-23(21,22)16-9-11-19(12-10-16)18(20)13-15-8-7-14-5-3-4-6-17(14)15/h3-6,15-16H,2,7-13H2,1H3. The maximum absolute atomic E-state index is 12.6. The number of hydrogen-bond acceptors (Lipinski definition) is 3. The molecule has 0 aromatic heterocycles. The summed E-state index contributed by atoms with van der Waals surface area (Å²) in [6.45, 7) is 2.86. The van der Waals surface area contributed by atoms with Gasteiger partial charge in [0.15, 0.2) is 9.84 Å². The number of aryl methyl sites for hydroxylation is 1. The van der Waals surface area contributed by atoms with Crippen LogP contribution in [0.15, 0.2) is 24.3 Å². The molecule has 1 atom stereocenters. The number of piperidine rings is 1. The van der Waals surface area contributed by atoms with Crippen molar-refractivity contribution < 1.29 is 13.2 Å². The first kappa shape index (κ1) is 16.5. The molecule has 1 aromatic rings. The van der Waals surface area contributed by atoms with Crippen LogP contribution in [0.3, 0.4) is 0 Å². The molecule has 5 heteroatoms. The summed E-state index contributed by atoms with van der Waals surface area (Å²) in [4.78, 5) is 14.4. The third-order valence-corrected chi connectivity index (χ3v) is 7.67. The van der Waals surface area contributed by atoms with Gasteiger partial charge in [0.2, 0.25) is 5.91 Å². The molecule has 4 nitrogen and oxygen atoms in total. The van der Waals surface area contributed by atoms with Crippen molar-refractivity contribution >= 4 is 15.7 Å². The highest BCUT2D eigenvalue weighted by Gasteiger charge is 2.32. The van der Waals surface area contributed by atoms with Gasteiger partial charge < -0.3 is 4.90 Å². The Morgan fingerprint density at radius 3 is 2.57 bits per heavy atom. The summed E-state index contributed by atoms with van der Waals surface area (Å²) < 4.78 is 23.9. The van der Waals surface area contributed by atoms with Crippen LogP contribution in [0.1, 0.15) is 49.7 Å². The van der Waals surface area contributed by atoms with E-state index in [0.29, 0.717) is 38.3 Å². The van der Waals surface area contributed by atoms with Gasteiger partial charge in [-0.15, -0.1) is 0 Å². The van der Waals surface area contributed by atoms with E-state index in [0.717, 1.165) is 12.8 Å². The van der Waals surface area contributed by atoms with E-state index in [4.69, 9.17) is 0 Å². The normalized spacial score (nSPS) is 22.1. The number of hydrogen-bond donors (Lipinski definition) is 0. The number of fused-ring (bicyclic) bond motifs is 1. The summed E-state index contributed by atoms with van der Waals surface area (Å²) in [5.74, 6) is 0.708. The van der Waals surface area contributed by atoms with E-state index < -0.39 is 9.84 Å². The van der Waals surface area contributed by atoms with Crippen molar-refractivity contribution in [2.24, 2.45) is 0 Å². The van der Waals surface area contributed by atoms with Gasteiger partial charge >= 0.3 is 0 Å². The van der Waals surface area contributed by atoms with Gasteiger partial charge in [0.25, 0.3) is 0 Å². The summed E-state index contributed by atoms with van der Waals surface area (Å²) in [6.07, 6.45) is 3.84. The Balaban J connectivity index is 1.57. The Hall–Kier alpha value is -1.36. The zero-order valence-electron chi connectivity index (χ0n) is 13.7. The third-order valence-electron chi connectivity index (χ3n) is 5.38. The number of benzene rings is 1. The second-order valence-corrected chi connectivity index (χ2v) is 9.24. The van der Waals surface area contributed by atoms with Crippen LogP contribution in [0.2, 0.25) is 0 Å². The molecule has 0 saturated carbocycles. The van der Waals surface area contributed by atoms with Crippen molar-refractivity contribution in [2.45, 2.75) is 50.2 Å². The number of nitrogens with zero attached hydrogens (tertiary/aromatic N) is 1. The molecule has 1 saturated heterocycles. The second-order valence-electron chi connectivity index (χ2n) is 6.67. The van der Waals surface area contributed by atoms with Gasteiger partial charge in [-0.2, -0.15) is 0 Å². The molecule has 0 radical (unpaired) electrons. The van der Waals surface area contributed by atoms with Gasteiger partial charge in [-0.1, -0.05) is 31.2 Å². The zero-order valence-corrected chi connectivity index (χ0v) is 14.5. The van der Waals surface area contributed by atoms with E-state index in [-0.39, 0.29) is 16.9 Å². The van der Waals surface area contributed by atoms with Crippen molar-refractivity contribution in [1.29, 1.82) is 0 Å². The summed E-state index contributed by atoms with van der Waals surface area (Å²) in [5, 5.41) is -0.260. The van der Waals surface area contributed by atoms with Crippen LogP contribution in [0.4, 0.5) is 0 Å². The van der Waals surface area contributed by atoms with E-state index in [2.05, 4.69) is 18.2 Å². The first-order valence-corrected chi connectivity index (χ1v) is 10.3. The predicted octanol–water partition coefficient (Wildman–Crippen LogP) is 2.53. The molecule has 1 aliphatic carbocycles. The topological polar surface area (TPSA) is 54.5 Å². The number of amides is 1. The molecule has 1 heterocycles. The lowest BCUT2D eigenvalue weighted by molar-refractivity contribution is -0.132. The van der Waals surface area contributed by atoms with Crippen molar-refractivity contribution in [1.82, 2.24) is 4.90 Å². The molecular weight excluding hydrogens is 310 g/mol. The van der Waals surface area contributed by atoms with Crippen LogP contribution in [0.25, 0.3) is 0 Å². The molecule has 0 N–H and O–H groups in total. The third kappa shape index (κ3) is 3.44. The van der Waals surface area contributed by atoms with Gasteiger partial charge in [0, 0.05) is 25.3 Å². The van der Waals surface area contributed by atoms with E-state index in [1.807, 2.05) is 11.0 Å². The largest absolute Gasteiger partial charge is 0.343 e. The summed E-state index contributed by atoms with van der Waals surface area (Å²) in [5.41, 5.74) is 2.70. The second kappa shape index (κ2) is 6.63. The van der Waals surface area contributed by atoms with Crippen LogP contribution in [0.5, 0.6) is 0 Å². The first-order valence-electron chi connectivity index (χ1n) is 8.58. The number of likely N-dealkylation sites (tertiary alicyclic amines) is 1. The van der Waals surface area contributed by atoms with Crippen molar-refractivity contribution in [3.05, 3.63) is 35.4 Å². The number of carbonyl (C=O) groups is 1. The fourth-order valence-electron chi connectivity index (χ4n) is 3.90. The fourth-order valence-corrected chi connectivity index (χ4v) is 5.30. The molecule has 2 aliphatic rings. The Morgan fingerprint density at radius 2 is 1.87 bits per heavy atom. The molecule has 1 aliphatic heterocycles. The minimum atomic E-state index is -2.97. The molecule has 1 unspecified atom stereocenters. The average molecular weight is 335 g/mol. The molecular formula is C18H25NO3S. The number of carbonyl (C=O) groups excluding carboxylic acids is 1. The highest BCUT2D eigenvalue weighted by atomic mass is 32.2. The van der Waals surface area contributed by atoms with Crippen LogP contribution >= 0.6 is 0 Å². The van der Waals surface area contributed by atoms with E-state index in [9.17, 15) is 13.2 Å². The van der Waals surface area contributed by atoms with Crippen LogP contribution < -0.4 is 0 Å². The molecule has 0 bridgehead atoms. The smallest absolute Gasteiger partial charge is 0.223 e. The highest BCUT2D eigenvalue weighted by Crippen LogP contribution is 2.35. The maximum atomic E-state index is 12.6. The van der Waals surface area contributed by atoms with Gasteiger partial charge in [-0.3, -0.25) is 4.79 Å². The van der Waals surface area contributed by atoms with Crippen molar-refractivity contribution in [3.63, 3.8) is 0 Å².